The number of nitrogens with two attached hydrogens (primary N) is 1. The summed E-state index contributed by atoms with van der Waals surface area (Å²) < 4.78 is 0.668. The number of nitrogens with zero attached hydrogens (tertiary/aromatic N) is 3. The maximum Gasteiger partial charge on any atom is 0.250 e. The highest BCUT2D eigenvalue weighted by atomic mass is 32.2. The Kier molecular flexibility index (Phi) is 5.29. The number of thioether (sulfide) groups is 1. The Morgan fingerprint density at radius 2 is 2.10 bits per heavy atom. The molecule has 2 aromatic rings. The summed E-state index contributed by atoms with van der Waals surface area (Å²) in [4.78, 5) is 11.7. The summed E-state index contributed by atoms with van der Waals surface area (Å²) in [7, 11) is 0. The summed E-state index contributed by atoms with van der Waals surface area (Å²) in [6.07, 6.45) is 0. The standard InChI is InChI=1S/C13H15N5OS2/c1-8-3-5-10(6-4-8)9(2)15-16-11(19)7-20-13-18-17-12(14)21-13/h3-6H,7H2,1-2H3,(H2,14,17)(H,16,19)/b15-9-. The van der Waals surface area contributed by atoms with Crippen molar-refractivity contribution in [2.45, 2.75) is 18.2 Å². The molecule has 0 atom stereocenters. The van der Waals surface area contributed by atoms with E-state index in [0.717, 1.165) is 11.3 Å². The van der Waals surface area contributed by atoms with Crippen LogP contribution in [-0.2, 0) is 4.79 Å². The molecule has 1 aromatic heterocycles. The smallest absolute Gasteiger partial charge is 0.250 e. The third-order valence-corrected chi connectivity index (χ3v) is 4.45. The topological polar surface area (TPSA) is 93.3 Å². The number of amides is 1. The van der Waals surface area contributed by atoms with E-state index in [9.17, 15) is 4.79 Å². The van der Waals surface area contributed by atoms with Crippen molar-refractivity contribution in [2.75, 3.05) is 11.5 Å². The highest BCUT2D eigenvalue weighted by Crippen LogP contribution is 2.22. The summed E-state index contributed by atoms with van der Waals surface area (Å²) in [6.45, 7) is 3.87. The second-order valence-corrected chi connectivity index (χ2v) is 6.52. The first kappa shape index (κ1) is 15.5. The van der Waals surface area contributed by atoms with Crippen LogP contribution in [0.1, 0.15) is 18.1 Å². The molecule has 0 aliphatic rings. The van der Waals surface area contributed by atoms with Gasteiger partial charge >= 0.3 is 0 Å². The number of aromatic nitrogens is 2. The van der Waals surface area contributed by atoms with Gasteiger partial charge < -0.3 is 5.73 Å². The minimum atomic E-state index is -0.194. The minimum absolute atomic E-state index is 0.194. The lowest BCUT2D eigenvalue weighted by molar-refractivity contribution is -0.118. The number of anilines is 1. The number of rotatable bonds is 5. The average molecular weight is 321 g/mol. The van der Waals surface area contributed by atoms with Crippen LogP contribution in [0.5, 0.6) is 0 Å². The van der Waals surface area contributed by atoms with E-state index in [2.05, 4.69) is 20.7 Å². The summed E-state index contributed by atoms with van der Waals surface area (Å²) in [5.74, 6) is 0.0273. The van der Waals surface area contributed by atoms with Crippen LogP contribution < -0.4 is 11.2 Å². The van der Waals surface area contributed by atoms with Crippen LogP contribution >= 0.6 is 23.1 Å². The molecule has 0 radical (unpaired) electrons. The maximum atomic E-state index is 11.7. The second kappa shape index (κ2) is 7.19. The second-order valence-electron chi connectivity index (χ2n) is 4.29. The number of carbonyl (C=O) groups is 1. The monoisotopic (exact) mass is 321 g/mol. The minimum Gasteiger partial charge on any atom is -0.374 e. The number of benzene rings is 1. The van der Waals surface area contributed by atoms with E-state index in [1.807, 2.05) is 38.1 Å². The Labute approximate surface area is 130 Å². The Bertz CT molecular complexity index is 651. The molecule has 0 aliphatic heterocycles. The summed E-state index contributed by atoms with van der Waals surface area (Å²) >= 11 is 2.54. The van der Waals surface area contributed by atoms with E-state index in [0.29, 0.717) is 9.47 Å². The highest BCUT2D eigenvalue weighted by molar-refractivity contribution is 8.01. The summed E-state index contributed by atoms with van der Waals surface area (Å²) in [5, 5.41) is 12.0. The van der Waals surface area contributed by atoms with E-state index in [1.165, 1.54) is 28.7 Å². The van der Waals surface area contributed by atoms with Crippen LogP contribution in [0.4, 0.5) is 5.13 Å². The van der Waals surface area contributed by atoms with Crippen molar-refractivity contribution in [2.24, 2.45) is 5.10 Å². The molecule has 21 heavy (non-hydrogen) atoms. The zero-order chi connectivity index (χ0) is 15.2. The van der Waals surface area contributed by atoms with Crippen molar-refractivity contribution < 1.29 is 4.79 Å². The van der Waals surface area contributed by atoms with Crippen molar-refractivity contribution in [3.05, 3.63) is 35.4 Å². The molecule has 110 valence electrons. The molecule has 1 aromatic carbocycles. The Hall–Kier alpha value is -1.93. The van der Waals surface area contributed by atoms with Gasteiger partial charge in [-0.15, -0.1) is 10.2 Å². The summed E-state index contributed by atoms with van der Waals surface area (Å²) in [5.41, 5.74) is 10.9. The van der Waals surface area contributed by atoms with Crippen molar-refractivity contribution in [1.29, 1.82) is 0 Å². The van der Waals surface area contributed by atoms with Crippen molar-refractivity contribution in [3.8, 4) is 0 Å². The molecule has 0 fully saturated rings. The lowest BCUT2D eigenvalue weighted by atomic mass is 10.1. The van der Waals surface area contributed by atoms with Gasteiger partial charge in [-0.2, -0.15) is 5.10 Å². The van der Waals surface area contributed by atoms with Crippen LogP contribution in [0.2, 0.25) is 0 Å². The van der Waals surface area contributed by atoms with Crippen LogP contribution in [0.15, 0.2) is 33.7 Å². The van der Waals surface area contributed by atoms with E-state index in [-0.39, 0.29) is 11.7 Å². The normalized spacial score (nSPS) is 11.4. The van der Waals surface area contributed by atoms with Gasteiger partial charge in [-0.25, -0.2) is 5.43 Å². The van der Waals surface area contributed by atoms with Crippen LogP contribution in [0.3, 0.4) is 0 Å². The molecule has 1 heterocycles. The molecular formula is C13H15N5OS2. The van der Waals surface area contributed by atoms with E-state index in [1.54, 1.807) is 0 Å². The molecular weight excluding hydrogens is 306 g/mol. The third kappa shape index (κ3) is 4.83. The van der Waals surface area contributed by atoms with Gasteiger partial charge in [0, 0.05) is 0 Å². The van der Waals surface area contributed by atoms with Gasteiger partial charge in [0.1, 0.15) is 0 Å². The molecule has 1 amide bonds. The maximum absolute atomic E-state index is 11.7. The third-order valence-electron chi connectivity index (χ3n) is 2.57. The number of nitrogen functional groups attached to an aromatic ring is 1. The fourth-order valence-electron chi connectivity index (χ4n) is 1.44. The van der Waals surface area contributed by atoms with Gasteiger partial charge in [-0.1, -0.05) is 52.9 Å². The van der Waals surface area contributed by atoms with Gasteiger partial charge in [0.25, 0.3) is 5.91 Å². The van der Waals surface area contributed by atoms with Gasteiger partial charge in [0.15, 0.2) is 4.34 Å². The predicted molar refractivity (Wildman–Crippen MR) is 86.6 cm³/mol. The Morgan fingerprint density at radius 3 is 2.71 bits per heavy atom. The number of nitrogens with one attached hydrogen (secondary N) is 1. The van der Waals surface area contributed by atoms with Gasteiger partial charge in [-0.05, 0) is 19.4 Å². The van der Waals surface area contributed by atoms with Crippen molar-refractivity contribution in [1.82, 2.24) is 15.6 Å². The number of hydrogen-bond acceptors (Lipinski definition) is 7. The quantitative estimate of drug-likeness (QED) is 0.499. The zero-order valence-corrected chi connectivity index (χ0v) is 13.3. The number of hydrogen-bond donors (Lipinski definition) is 2. The molecule has 0 saturated carbocycles. The average Bonchev–Trinajstić information content (AvgIpc) is 2.89. The first-order valence-corrected chi connectivity index (χ1v) is 7.97. The van der Waals surface area contributed by atoms with E-state index >= 15 is 0 Å². The fourth-order valence-corrected chi connectivity index (χ4v) is 2.87. The largest absolute Gasteiger partial charge is 0.374 e. The van der Waals surface area contributed by atoms with Crippen molar-refractivity contribution >= 4 is 39.8 Å². The van der Waals surface area contributed by atoms with E-state index in [4.69, 9.17) is 5.73 Å². The fraction of sp³-hybridized carbons (Fsp3) is 0.231. The Balaban J connectivity index is 1.84. The molecule has 0 bridgehead atoms. The SMILES string of the molecule is C/C(=N/NC(=O)CSc1nnc(N)s1)c1ccc(C)cc1. The molecule has 6 nitrogen and oxygen atoms in total. The molecule has 0 saturated heterocycles. The van der Waals surface area contributed by atoms with Crippen LogP contribution in [0.25, 0.3) is 0 Å². The molecule has 0 unspecified atom stereocenters. The molecule has 3 N–H and O–H groups in total. The number of hydrazone groups is 1. The first-order chi connectivity index (χ1) is 10.0. The molecule has 0 spiro atoms. The summed E-state index contributed by atoms with van der Waals surface area (Å²) in [6, 6.07) is 7.95. The predicted octanol–water partition coefficient (Wildman–Crippen LogP) is 2.06. The van der Waals surface area contributed by atoms with Crippen molar-refractivity contribution in [3.63, 3.8) is 0 Å². The molecule has 8 heteroatoms. The van der Waals surface area contributed by atoms with E-state index < -0.39 is 0 Å². The van der Waals surface area contributed by atoms with Gasteiger partial charge in [-0.3, -0.25) is 4.79 Å². The molecule has 2 rings (SSSR count). The van der Waals surface area contributed by atoms with Crippen LogP contribution in [0, 0.1) is 6.92 Å². The Morgan fingerprint density at radius 1 is 1.38 bits per heavy atom. The van der Waals surface area contributed by atoms with Gasteiger partial charge in [0.05, 0.1) is 11.5 Å². The number of aryl methyl sites for hydroxylation is 1. The zero-order valence-electron chi connectivity index (χ0n) is 11.7. The number of carbonyl (C=O) groups excluding carboxylic acids is 1. The lowest BCUT2D eigenvalue weighted by Crippen LogP contribution is -2.21. The van der Waals surface area contributed by atoms with Crippen LogP contribution in [-0.4, -0.2) is 27.6 Å². The lowest BCUT2D eigenvalue weighted by Gasteiger charge is -2.02. The van der Waals surface area contributed by atoms with Gasteiger partial charge in [0.2, 0.25) is 5.13 Å². The highest BCUT2D eigenvalue weighted by Gasteiger charge is 2.06. The molecule has 0 aliphatic carbocycles. The first-order valence-electron chi connectivity index (χ1n) is 6.16.